The first-order valence-corrected chi connectivity index (χ1v) is 8.23. The van der Waals surface area contributed by atoms with E-state index in [0.717, 1.165) is 0 Å². The molecule has 8 nitrogen and oxygen atoms in total. The zero-order valence-corrected chi connectivity index (χ0v) is 15.2. The minimum absolute atomic E-state index is 0.0715. The molecule has 0 unspecified atom stereocenters. The van der Waals surface area contributed by atoms with Crippen molar-refractivity contribution in [3.05, 3.63) is 47.1 Å². The molecule has 1 aromatic heterocycles. The van der Waals surface area contributed by atoms with Crippen molar-refractivity contribution in [1.29, 1.82) is 0 Å². The third-order valence-corrected chi connectivity index (χ3v) is 3.53. The maximum atomic E-state index is 12.8. The van der Waals surface area contributed by atoms with Crippen LogP contribution < -0.4 is 10.6 Å². The van der Waals surface area contributed by atoms with E-state index in [1.165, 1.54) is 24.3 Å². The van der Waals surface area contributed by atoms with E-state index in [1.807, 2.05) is 13.8 Å². The summed E-state index contributed by atoms with van der Waals surface area (Å²) >= 11 is 0. The van der Waals surface area contributed by atoms with E-state index >= 15 is 0 Å². The van der Waals surface area contributed by atoms with Crippen LogP contribution in [0.4, 0.5) is 10.1 Å². The molecular weight excluding hydrogens is 357 g/mol. The Morgan fingerprint density at radius 2 is 1.85 bits per heavy atom. The zero-order valence-electron chi connectivity index (χ0n) is 15.2. The van der Waals surface area contributed by atoms with Crippen LogP contribution in [0.15, 0.2) is 28.8 Å². The van der Waals surface area contributed by atoms with Gasteiger partial charge in [0, 0.05) is 11.6 Å². The molecule has 0 atom stereocenters. The predicted octanol–water partition coefficient (Wildman–Crippen LogP) is 2.16. The molecule has 9 heteroatoms. The average molecular weight is 377 g/mol. The van der Waals surface area contributed by atoms with E-state index < -0.39 is 30.2 Å². The Morgan fingerprint density at radius 3 is 2.48 bits per heavy atom. The van der Waals surface area contributed by atoms with Gasteiger partial charge in [0.1, 0.15) is 11.4 Å². The van der Waals surface area contributed by atoms with Crippen LogP contribution in [0, 0.1) is 12.7 Å². The highest BCUT2D eigenvalue weighted by molar-refractivity contribution is 5.96. The molecule has 0 saturated carbocycles. The van der Waals surface area contributed by atoms with E-state index in [4.69, 9.17) is 9.26 Å². The Kier molecular flexibility index (Phi) is 6.64. The van der Waals surface area contributed by atoms with Crippen LogP contribution >= 0.6 is 0 Å². The molecule has 0 spiro atoms. The largest absolute Gasteiger partial charge is 0.452 e. The number of hydrogen-bond acceptors (Lipinski definition) is 6. The van der Waals surface area contributed by atoms with Crippen molar-refractivity contribution in [3.63, 3.8) is 0 Å². The molecule has 144 valence electrons. The maximum absolute atomic E-state index is 12.8. The second-order valence-electron chi connectivity index (χ2n) is 6.07. The van der Waals surface area contributed by atoms with Gasteiger partial charge in [-0.25, -0.2) is 9.18 Å². The molecule has 0 aliphatic heterocycles. The Balaban J connectivity index is 1.79. The Morgan fingerprint density at radius 1 is 1.19 bits per heavy atom. The van der Waals surface area contributed by atoms with Crippen LogP contribution in [0.5, 0.6) is 0 Å². The summed E-state index contributed by atoms with van der Waals surface area (Å²) in [5.41, 5.74) is 0.973. The average Bonchev–Trinajstić information content (AvgIpc) is 3.02. The second kappa shape index (κ2) is 8.93. The smallest absolute Gasteiger partial charge is 0.344 e. The lowest BCUT2D eigenvalue weighted by Gasteiger charge is -2.08. The van der Waals surface area contributed by atoms with Gasteiger partial charge in [0.15, 0.2) is 12.4 Å². The lowest BCUT2D eigenvalue weighted by atomic mass is 10.1. The SMILES string of the molecule is Cc1noc(C(C)C)c1C(=O)OCC(=O)NCC(=O)Nc1ccc(F)cc1. The highest BCUT2D eigenvalue weighted by Crippen LogP contribution is 2.22. The van der Waals surface area contributed by atoms with E-state index in [0.29, 0.717) is 17.1 Å². The normalized spacial score (nSPS) is 10.6. The number of benzene rings is 1. The van der Waals surface area contributed by atoms with Crippen LogP contribution in [-0.2, 0) is 14.3 Å². The fourth-order valence-corrected chi connectivity index (χ4v) is 2.20. The van der Waals surface area contributed by atoms with Gasteiger partial charge in [-0.15, -0.1) is 0 Å². The summed E-state index contributed by atoms with van der Waals surface area (Å²) in [6.45, 7) is 4.40. The Hall–Kier alpha value is -3.23. The molecule has 2 aromatic rings. The molecule has 0 saturated heterocycles. The molecular formula is C18H20FN3O5. The Bertz CT molecular complexity index is 830. The van der Waals surface area contributed by atoms with E-state index in [1.54, 1.807) is 6.92 Å². The molecule has 0 fully saturated rings. The molecule has 2 rings (SSSR count). The van der Waals surface area contributed by atoms with E-state index in [2.05, 4.69) is 15.8 Å². The van der Waals surface area contributed by atoms with Crippen LogP contribution in [-0.4, -0.2) is 36.1 Å². The number of halogens is 1. The number of nitrogens with zero attached hydrogens (tertiary/aromatic N) is 1. The topological polar surface area (TPSA) is 111 Å². The van der Waals surface area contributed by atoms with E-state index in [9.17, 15) is 18.8 Å². The first-order chi connectivity index (χ1) is 12.8. The van der Waals surface area contributed by atoms with Gasteiger partial charge in [0.2, 0.25) is 5.91 Å². The minimum atomic E-state index is -0.719. The number of hydrogen-bond donors (Lipinski definition) is 2. The number of amides is 2. The third kappa shape index (κ3) is 5.63. The van der Waals surface area contributed by atoms with Crippen LogP contribution in [0.1, 0.15) is 41.6 Å². The second-order valence-corrected chi connectivity index (χ2v) is 6.07. The van der Waals surface area contributed by atoms with Crippen LogP contribution in [0.3, 0.4) is 0 Å². The maximum Gasteiger partial charge on any atom is 0.344 e. The zero-order chi connectivity index (χ0) is 20.0. The van der Waals surface area contributed by atoms with Crippen molar-refractivity contribution in [1.82, 2.24) is 10.5 Å². The van der Waals surface area contributed by atoms with Gasteiger partial charge in [-0.2, -0.15) is 0 Å². The molecule has 1 aromatic carbocycles. The van der Waals surface area contributed by atoms with Crippen LogP contribution in [0.25, 0.3) is 0 Å². The number of anilines is 1. The molecule has 2 N–H and O–H groups in total. The molecule has 1 heterocycles. The van der Waals surface area contributed by atoms with Gasteiger partial charge in [0.25, 0.3) is 5.91 Å². The standard InChI is InChI=1S/C18H20FN3O5/c1-10(2)17-16(11(3)22-27-17)18(25)26-9-15(24)20-8-14(23)21-13-6-4-12(19)5-7-13/h4-7,10H,8-9H2,1-3H3,(H,20,24)(H,21,23). The fraction of sp³-hybridized carbons (Fsp3) is 0.333. The molecule has 0 aliphatic carbocycles. The van der Waals surface area contributed by atoms with Gasteiger partial charge >= 0.3 is 5.97 Å². The van der Waals surface area contributed by atoms with Crippen LogP contribution in [0.2, 0.25) is 0 Å². The van der Waals surface area contributed by atoms with Gasteiger partial charge < -0.3 is 19.9 Å². The summed E-state index contributed by atoms with van der Waals surface area (Å²) in [6, 6.07) is 5.19. The van der Waals surface area contributed by atoms with Crippen molar-refractivity contribution in [2.45, 2.75) is 26.7 Å². The minimum Gasteiger partial charge on any atom is -0.452 e. The van der Waals surface area contributed by atoms with Gasteiger partial charge in [-0.3, -0.25) is 9.59 Å². The van der Waals surface area contributed by atoms with Gasteiger partial charge in [-0.1, -0.05) is 19.0 Å². The highest BCUT2D eigenvalue weighted by atomic mass is 19.1. The molecule has 27 heavy (non-hydrogen) atoms. The fourth-order valence-electron chi connectivity index (χ4n) is 2.20. The molecule has 0 aliphatic rings. The van der Waals surface area contributed by atoms with E-state index in [-0.39, 0.29) is 18.0 Å². The summed E-state index contributed by atoms with van der Waals surface area (Å²) < 4.78 is 22.9. The van der Waals surface area contributed by atoms with Gasteiger partial charge in [-0.05, 0) is 31.2 Å². The molecule has 0 radical (unpaired) electrons. The number of rotatable bonds is 7. The number of aromatic nitrogens is 1. The number of carbonyl (C=O) groups is 3. The molecule has 0 bridgehead atoms. The first-order valence-electron chi connectivity index (χ1n) is 8.23. The van der Waals surface area contributed by atoms with Crippen molar-refractivity contribution in [2.75, 3.05) is 18.5 Å². The first kappa shape index (κ1) is 20.1. The third-order valence-electron chi connectivity index (χ3n) is 3.53. The monoisotopic (exact) mass is 377 g/mol. The van der Waals surface area contributed by atoms with Crippen molar-refractivity contribution >= 4 is 23.5 Å². The number of ether oxygens (including phenoxy) is 1. The lowest BCUT2D eigenvalue weighted by Crippen LogP contribution is -2.35. The van der Waals surface area contributed by atoms with Crippen molar-refractivity contribution in [2.24, 2.45) is 0 Å². The van der Waals surface area contributed by atoms with Gasteiger partial charge in [0.05, 0.1) is 12.2 Å². The highest BCUT2D eigenvalue weighted by Gasteiger charge is 2.24. The summed E-state index contributed by atoms with van der Waals surface area (Å²) in [5.74, 6) is -1.97. The Labute approximate surface area is 155 Å². The quantitative estimate of drug-likeness (QED) is 0.716. The summed E-state index contributed by atoms with van der Waals surface area (Å²) in [7, 11) is 0. The number of carbonyl (C=O) groups excluding carboxylic acids is 3. The summed E-state index contributed by atoms with van der Waals surface area (Å²) in [5, 5.41) is 8.55. The molecule has 2 amide bonds. The van der Waals surface area contributed by atoms with Crippen molar-refractivity contribution < 1.29 is 28.0 Å². The van der Waals surface area contributed by atoms with Crippen molar-refractivity contribution in [3.8, 4) is 0 Å². The summed E-state index contributed by atoms with van der Waals surface area (Å²) in [6.07, 6.45) is 0. The number of esters is 1. The number of aryl methyl sites for hydroxylation is 1. The lowest BCUT2D eigenvalue weighted by molar-refractivity contribution is -0.126. The number of nitrogens with one attached hydrogen (secondary N) is 2. The predicted molar refractivity (Wildman–Crippen MR) is 93.7 cm³/mol. The summed E-state index contributed by atoms with van der Waals surface area (Å²) in [4.78, 5) is 35.7.